The molecule has 0 radical (unpaired) electrons. The number of esters is 2. The van der Waals surface area contributed by atoms with Gasteiger partial charge < -0.3 is 19.5 Å². The molecule has 0 saturated carbocycles. The zero-order valence-corrected chi connectivity index (χ0v) is 14.8. The Bertz CT molecular complexity index is 778. The van der Waals surface area contributed by atoms with Crippen LogP contribution in [0.4, 0.5) is 20.2 Å². The van der Waals surface area contributed by atoms with Gasteiger partial charge in [-0.15, -0.1) is 0 Å². The fraction of sp³-hybridized carbons (Fsp3) is 0.263. The first-order chi connectivity index (χ1) is 12.8. The predicted molar refractivity (Wildman–Crippen MR) is 94.3 cm³/mol. The monoisotopic (exact) mass is 379 g/mol. The highest BCUT2D eigenvalue weighted by atomic mass is 19.3. The Morgan fingerprint density at radius 2 is 1.70 bits per heavy atom. The van der Waals surface area contributed by atoms with Crippen LogP contribution in [0.2, 0.25) is 0 Å². The van der Waals surface area contributed by atoms with Gasteiger partial charge in [0.15, 0.2) is 6.61 Å². The molecule has 27 heavy (non-hydrogen) atoms. The Hall–Kier alpha value is -3.16. The molecule has 2 aromatic carbocycles. The Morgan fingerprint density at radius 1 is 1.04 bits per heavy atom. The maximum Gasteiger partial charge on any atom is 0.387 e. The van der Waals surface area contributed by atoms with Crippen LogP contribution in [0.25, 0.3) is 0 Å². The topological polar surface area (TPSA) is 73.9 Å². The third-order valence-electron chi connectivity index (χ3n) is 3.19. The van der Waals surface area contributed by atoms with Crippen molar-refractivity contribution in [2.24, 2.45) is 0 Å². The molecule has 0 aliphatic heterocycles. The number of carbonyl (C=O) groups excluding carboxylic acids is 2. The van der Waals surface area contributed by atoms with Gasteiger partial charge in [-0.2, -0.15) is 8.78 Å². The summed E-state index contributed by atoms with van der Waals surface area (Å²) >= 11 is 0. The van der Waals surface area contributed by atoms with Crippen LogP contribution in [0.5, 0.6) is 5.75 Å². The first-order valence-electron chi connectivity index (χ1n) is 8.12. The van der Waals surface area contributed by atoms with Crippen molar-refractivity contribution in [3.63, 3.8) is 0 Å². The van der Waals surface area contributed by atoms with E-state index in [1.807, 2.05) is 0 Å². The number of benzene rings is 2. The van der Waals surface area contributed by atoms with Crippen molar-refractivity contribution in [2.45, 2.75) is 26.6 Å². The number of alkyl halides is 2. The Morgan fingerprint density at radius 3 is 2.33 bits per heavy atom. The maximum atomic E-state index is 12.2. The summed E-state index contributed by atoms with van der Waals surface area (Å²) in [5.74, 6) is -1.32. The quantitative estimate of drug-likeness (QED) is 0.695. The number of para-hydroxylation sites is 1. The summed E-state index contributed by atoms with van der Waals surface area (Å²) in [5, 5.41) is 2.99. The minimum Gasteiger partial charge on any atom is -0.460 e. The van der Waals surface area contributed by atoms with E-state index in [1.54, 1.807) is 32.0 Å². The summed E-state index contributed by atoms with van der Waals surface area (Å²) in [4.78, 5) is 23.7. The average molecular weight is 379 g/mol. The number of hydrogen-bond donors (Lipinski definition) is 1. The fourth-order valence-corrected chi connectivity index (χ4v) is 2.14. The Labute approximate surface area is 155 Å². The molecule has 0 atom stereocenters. The number of anilines is 2. The summed E-state index contributed by atoms with van der Waals surface area (Å²) < 4.78 is 38.5. The molecule has 0 saturated heterocycles. The minimum absolute atomic E-state index is 0.0203. The van der Waals surface area contributed by atoms with Crippen LogP contribution in [0.3, 0.4) is 0 Å². The molecular formula is C19H19F2NO5. The van der Waals surface area contributed by atoms with Crippen LogP contribution in [0, 0.1) is 0 Å². The molecule has 0 fully saturated rings. The third kappa shape index (κ3) is 6.58. The molecule has 144 valence electrons. The van der Waals surface area contributed by atoms with E-state index < -0.39 is 25.2 Å². The SMILES string of the molecule is CC(C)OC(=O)COC(=O)c1ccccc1Nc1ccc(OC(F)F)cc1. The normalized spacial score (nSPS) is 10.6. The fourth-order valence-electron chi connectivity index (χ4n) is 2.14. The first-order valence-corrected chi connectivity index (χ1v) is 8.12. The molecule has 0 aromatic heterocycles. The van der Waals surface area contributed by atoms with Gasteiger partial charge >= 0.3 is 18.6 Å². The third-order valence-corrected chi connectivity index (χ3v) is 3.19. The van der Waals surface area contributed by atoms with Gasteiger partial charge in [-0.05, 0) is 50.2 Å². The molecular weight excluding hydrogens is 360 g/mol. The first kappa shape index (κ1) is 20.2. The van der Waals surface area contributed by atoms with Gasteiger partial charge in [0.05, 0.1) is 17.4 Å². The Balaban J connectivity index is 2.04. The number of halogens is 2. The molecule has 0 amide bonds. The van der Waals surface area contributed by atoms with Crippen molar-refractivity contribution in [1.29, 1.82) is 0 Å². The van der Waals surface area contributed by atoms with Gasteiger partial charge in [-0.1, -0.05) is 12.1 Å². The number of rotatable bonds is 8. The number of nitrogens with one attached hydrogen (secondary N) is 1. The summed E-state index contributed by atoms with van der Waals surface area (Å²) in [5.41, 5.74) is 1.20. The highest BCUT2D eigenvalue weighted by Crippen LogP contribution is 2.24. The van der Waals surface area contributed by atoms with Crippen LogP contribution in [0.15, 0.2) is 48.5 Å². The highest BCUT2D eigenvalue weighted by Gasteiger charge is 2.15. The van der Waals surface area contributed by atoms with Crippen molar-refractivity contribution in [3.8, 4) is 5.75 Å². The molecule has 0 spiro atoms. The number of carbonyl (C=O) groups is 2. The molecule has 6 nitrogen and oxygen atoms in total. The largest absolute Gasteiger partial charge is 0.460 e. The van der Waals surface area contributed by atoms with E-state index in [0.717, 1.165) is 0 Å². The van der Waals surface area contributed by atoms with E-state index in [0.29, 0.717) is 11.4 Å². The van der Waals surface area contributed by atoms with E-state index in [1.165, 1.54) is 30.3 Å². The molecule has 2 rings (SSSR count). The van der Waals surface area contributed by atoms with E-state index in [-0.39, 0.29) is 17.4 Å². The number of ether oxygens (including phenoxy) is 3. The minimum atomic E-state index is -2.90. The summed E-state index contributed by atoms with van der Waals surface area (Å²) in [6, 6.07) is 12.3. The summed E-state index contributed by atoms with van der Waals surface area (Å²) in [7, 11) is 0. The number of hydrogen-bond acceptors (Lipinski definition) is 6. The van der Waals surface area contributed by atoms with Gasteiger partial charge in [0.1, 0.15) is 5.75 Å². The molecule has 2 aromatic rings. The summed E-state index contributed by atoms with van der Waals surface area (Å²) in [6.07, 6.45) is -0.304. The second-order valence-electron chi connectivity index (χ2n) is 5.69. The van der Waals surface area contributed by atoms with Gasteiger partial charge in [-0.25, -0.2) is 9.59 Å². The second kappa shape index (κ2) is 9.51. The second-order valence-corrected chi connectivity index (χ2v) is 5.69. The lowest BCUT2D eigenvalue weighted by molar-refractivity contribution is -0.150. The van der Waals surface area contributed by atoms with Crippen LogP contribution in [-0.4, -0.2) is 31.3 Å². The summed E-state index contributed by atoms with van der Waals surface area (Å²) in [6.45, 7) is -0.0142. The van der Waals surface area contributed by atoms with Crippen LogP contribution in [0.1, 0.15) is 24.2 Å². The van der Waals surface area contributed by atoms with Crippen LogP contribution in [-0.2, 0) is 14.3 Å². The molecule has 8 heteroatoms. The van der Waals surface area contributed by atoms with E-state index >= 15 is 0 Å². The smallest absolute Gasteiger partial charge is 0.387 e. The molecule has 0 bridgehead atoms. The van der Waals surface area contributed by atoms with E-state index in [9.17, 15) is 18.4 Å². The lowest BCUT2D eigenvalue weighted by Crippen LogP contribution is -2.20. The van der Waals surface area contributed by atoms with E-state index in [4.69, 9.17) is 9.47 Å². The molecule has 1 N–H and O–H groups in total. The van der Waals surface area contributed by atoms with Crippen molar-refractivity contribution in [2.75, 3.05) is 11.9 Å². The zero-order chi connectivity index (χ0) is 19.8. The predicted octanol–water partition coefficient (Wildman–Crippen LogP) is 4.14. The van der Waals surface area contributed by atoms with E-state index in [2.05, 4.69) is 10.1 Å². The van der Waals surface area contributed by atoms with Crippen molar-refractivity contribution >= 4 is 23.3 Å². The van der Waals surface area contributed by atoms with Crippen molar-refractivity contribution in [3.05, 3.63) is 54.1 Å². The van der Waals surface area contributed by atoms with Gasteiger partial charge in [0, 0.05) is 5.69 Å². The molecule has 0 aliphatic rings. The molecule has 0 heterocycles. The molecule has 0 unspecified atom stereocenters. The van der Waals surface area contributed by atoms with Gasteiger partial charge in [0.25, 0.3) is 0 Å². The Kier molecular flexibility index (Phi) is 7.10. The van der Waals surface area contributed by atoms with Gasteiger partial charge in [-0.3, -0.25) is 0 Å². The lowest BCUT2D eigenvalue weighted by atomic mass is 10.1. The maximum absolute atomic E-state index is 12.2. The zero-order valence-electron chi connectivity index (χ0n) is 14.8. The standard InChI is InChI=1S/C19H19F2NO5/c1-12(2)26-17(23)11-25-18(24)15-5-3-4-6-16(15)22-13-7-9-14(10-8-13)27-19(20)21/h3-10,12,19,22H,11H2,1-2H3. The van der Waals surface area contributed by atoms with Crippen molar-refractivity contribution < 1.29 is 32.6 Å². The average Bonchev–Trinajstić information content (AvgIpc) is 2.61. The molecule has 0 aliphatic carbocycles. The van der Waals surface area contributed by atoms with Gasteiger partial charge in [0.2, 0.25) is 0 Å². The van der Waals surface area contributed by atoms with Crippen molar-refractivity contribution in [1.82, 2.24) is 0 Å². The highest BCUT2D eigenvalue weighted by molar-refractivity contribution is 5.97. The lowest BCUT2D eigenvalue weighted by Gasteiger charge is -2.13. The van der Waals surface area contributed by atoms with Crippen LogP contribution < -0.4 is 10.1 Å². The van der Waals surface area contributed by atoms with Crippen LogP contribution >= 0.6 is 0 Å².